The van der Waals surface area contributed by atoms with Crippen LogP contribution in [0.4, 0.5) is 10.8 Å². The third-order valence-corrected chi connectivity index (χ3v) is 5.98. The topological polar surface area (TPSA) is 76.3 Å². The van der Waals surface area contributed by atoms with Gasteiger partial charge in [0, 0.05) is 12.6 Å². The molecule has 1 aromatic rings. The lowest BCUT2D eigenvalue weighted by atomic mass is 10.2. The van der Waals surface area contributed by atoms with Gasteiger partial charge in [0.05, 0.1) is 5.75 Å². The Morgan fingerprint density at radius 2 is 2.29 bits per heavy atom. The molecule has 7 heteroatoms. The largest absolute Gasteiger partial charge is 0.382 e. The lowest BCUT2D eigenvalue weighted by molar-refractivity contribution is 0.597. The van der Waals surface area contributed by atoms with Gasteiger partial charge >= 0.3 is 0 Å². The molecule has 0 bridgehead atoms. The number of nitrogen functional groups attached to an aromatic ring is 1. The first-order valence-electron chi connectivity index (χ1n) is 5.72. The number of sulfone groups is 1. The Balaban J connectivity index is 2.49. The van der Waals surface area contributed by atoms with Crippen LogP contribution >= 0.6 is 11.5 Å². The summed E-state index contributed by atoms with van der Waals surface area (Å²) >= 11 is 1.19. The molecular weight excluding hydrogens is 258 g/mol. The lowest BCUT2D eigenvalue weighted by Crippen LogP contribution is -2.27. The van der Waals surface area contributed by atoms with Gasteiger partial charge in [-0.3, -0.25) is 0 Å². The predicted molar refractivity (Wildman–Crippen MR) is 70.3 cm³/mol. The summed E-state index contributed by atoms with van der Waals surface area (Å²) in [6.07, 6.45) is 2.17. The van der Waals surface area contributed by atoms with E-state index >= 15 is 0 Å². The summed E-state index contributed by atoms with van der Waals surface area (Å²) in [5.41, 5.74) is 5.71. The average molecular weight is 275 g/mol. The standard InChI is InChI=1S/C10H17N3O2S2/c1-3-17(14,15)8-9(11)12-16-10(8)13-6-4-5-7(13)2/h7H,3-6H2,1-2H3,(H2,11,12). The molecule has 0 saturated carbocycles. The molecule has 1 aliphatic heterocycles. The molecule has 2 heterocycles. The highest BCUT2D eigenvalue weighted by Gasteiger charge is 2.31. The van der Waals surface area contributed by atoms with E-state index in [0.717, 1.165) is 19.4 Å². The highest BCUT2D eigenvalue weighted by molar-refractivity contribution is 7.91. The Bertz CT molecular complexity index is 510. The van der Waals surface area contributed by atoms with Gasteiger partial charge in [0.1, 0.15) is 9.90 Å². The number of rotatable bonds is 3. The van der Waals surface area contributed by atoms with E-state index < -0.39 is 9.84 Å². The van der Waals surface area contributed by atoms with Crippen LogP contribution in [0.15, 0.2) is 4.90 Å². The van der Waals surface area contributed by atoms with Crippen molar-refractivity contribution in [3.63, 3.8) is 0 Å². The van der Waals surface area contributed by atoms with Crippen molar-refractivity contribution >= 4 is 32.2 Å². The van der Waals surface area contributed by atoms with Crippen LogP contribution < -0.4 is 10.6 Å². The number of hydrogen-bond donors (Lipinski definition) is 1. The molecule has 2 rings (SSSR count). The van der Waals surface area contributed by atoms with E-state index in [9.17, 15) is 8.42 Å². The van der Waals surface area contributed by atoms with Gasteiger partial charge in [-0.1, -0.05) is 6.92 Å². The SMILES string of the molecule is CCS(=O)(=O)c1c(N)nsc1N1CCCC1C. The minimum atomic E-state index is -3.30. The van der Waals surface area contributed by atoms with Crippen molar-refractivity contribution in [1.29, 1.82) is 0 Å². The van der Waals surface area contributed by atoms with E-state index in [1.165, 1.54) is 11.5 Å². The number of nitrogens with two attached hydrogens (primary N) is 1. The van der Waals surface area contributed by atoms with Crippen molar-refractivity contribution in [2.45, 2.75) is 37.6 Å². The Morgan fingerprint density at radius 1 is 1.59 bits per heavy atom. The molecule has 5 nitrogen and oxygen atoms in total. The van der Waals surface area contributed by atoms with Crippen molar-refractivity contribution in [2.24, 2.45) is 0 Å². The fraction of sp³-hybridized carbons (Fsp3) is 0.700. The average Bonchev–Trinajstić information content (AvgIpc) is 2.84. The van der Waals surface area contributed by atoms with E-state index in [4.69, 9.17) is 5.73 Å². The second-order valence-corrected chi connectivity index (χ2v) is 7.26. The van der Waals surface area contributed by atoms with Crippen molar-refractivity contribution < 1.29 is 8.42 Å². The zero-order valence-corrected chi connectivity index (χ0v) is 11.6. The summed E-state index contributed by atoms with van der Waals surface area (Å²) in [4.78, 5) is 2.34. The van der Waals surface area contributed by atoms with Crippen molar-refractivity contribution in [1.82, 2.24) is 4.37 Å². The van der Waals surface area contributed by atoms with Gasteiger partial charge in [0.25, 0.3) is 0 Å². The quantitative estimate of drug-likeness (QED) is 0.905. The van der Waals surface area contributed by atoms with Crippen molar-refractivity contribution in [3.05, 3.63) is 0 Å². The Morgan fingerprint density at radius 3 is 2.82 bits per heavy atom. The second kappa shape index (κ2) is 4.45. The van der Waals surface area contributed by atoms with Gasteiger partial charge in [0.15, 0.2) is 15.7 Å². The number of anilines is 2. The minimum Gasteiger partial charge on any atom is -0.382 e. The molecule has 0 spiro atoms. The van der Waals surface area contributed by atoms with Gasteiger partial charge in [-0.05, 0) is 31.3 Å². The molecule has 0 radical (unpaired) electrons. The van der Waals surface area contributed by atoms with Gasteiger partial charge in [-0.15, -0.1) is 0 Å². The Labute approximate surface area is 106 Å². The van der Waals surface area contributed by atoms with Gasteiger partial charge in [-0.25, -0.2) is 8.42 Å². The molecule has 1 fully saturated rings. The van der Waals surface area contributed by atoms with Gasteiger partial charge in [-0.2, -0.15) is 4.37 Å². The minimum absolute atomic E-state index is 0.0604. The monoisotopic (exact) mass is 275 g/mol. The summed E-state index contributed by atoms with van der Waals surface area (Å²) < 4.78 is 28.1. The fourth-order valence-corrected chi connectivity index (χ4v) is 4.57. The van der Waals surface area contributed by atoms with Crippen LogP contribution in [-0.2, 0) is 9.84 Å². The van der Waals surface area contributed by atoms with Crippen LogP contribution in [0.1, 0.15) is 26.7 Å². The second-order valence-electron chi connectivity index (χ2n) is 4.29. The van der Waals surface area contributed by atoms with Crippen LogP contribution in [0.5, 0.6) is 0 Å². The van der Waals surface area contributed by atoms with Crippen LogP contribution in [0.25, 0.3) is 0 Å². The predicted octanol–water partition coefficient (Wildman–Crippen LogP) is 1.51. The molecule has 2 N–H and O–H groups in total. The molecular formula is C10H17N3O2S2. The highest BCUT2D eigenvalue weighted by atomic mass is 32.2. The van der Waals surface area contributed by atoms with Crippen molar-refractivity contribution in [2.75, 3.05) is 22.9 Å². The van der Waals surface area contributed by atoms with E-state index in [1.807, 2.05) is 0 Å². The smallest absolute Gasteiger partial charge is 0.184 e. The number of hydrogen-bond acceptors (Lipinski definition) is 6. The molecule has 1 atom stereocenters. The molecule has 1 aromatic heterocycles. The first-order valence-corrected chi connectivity index (χ1v) is 8.14. The van der Waals surface area contributed by atoms with Crippen molar-refractivity contribution in [3.8, 4) is 0 Å². The maximum atomic E-state index is 12.0. The summed E-state index contributed by atoms with van der Waals surface area (Å²) in [7, 11) is -3.30. The third-order valence-electron chi connectivity index (χ3n) is 3.16. The van der Waals surface area contributed by atoms with E-state index in [2.05, 4.69) is 16.2 Å². The molecule has 96 valence electrons. The van der Waals surface area contributed by atoms with E-state index in [1.54, 1.807) is 6.92 Å². The summed E-state index contributed by atoms with van der Waals surface area (Å²) in [6.45, 7) is 4.61. The molecule has 17 heavy (non-hydrogen) atoms. The zero-order valence-electron chi connectivity index (χ0n) is 10.0. The third kappa shape index (κ3) is 2.13. The molecule has 0 aromatic carbocycles. The van der Waals surface area contributed by atoms with Gasteiger partial charge < -0.3 is 10.6 Å². The van der Waals surface area contributed by atoms with Crippen LogP contribution in [0.3, 0.4) is 0 Å². The lowest BCUT2D eigenvalue weighted by Gasteiger charge is -2.22. The molecule has 1 unspecified atom stereocenters. The van der Waals surface area contributed by atoms with E-state index in [0.29, 0.717) is 11.0 Å². The summed E-state index contributed by atoms with van der Waals surface area (Å²) in [5.74, 6) is 0.205. The first kappa shape index (κ1) is 12.6. The molecule has 1 aliphatic rings. The van der Waals surface area contributed by atoms with Crippen LogP contribution in [-0.4, -0.2) is 31.1 Å². The normalized spacial score (nSPS) is 21.1. The number of aromatic nitrogens is 1. The Kier molecular flexibility index (Phi) is 3.31. The van der Waals surface area contributed by atoms with Crippen LogP contribution in [0, 0.1) is 0 Å². The number of nitrogens with zero attached hydrogens (tertiary/aromatic N) is 2. The first-order chi connectivity index (χ1) is 7.97. The van der Waals surface area contributed by atoms with Gasteiger partial charge in [0.2, 0.25) is 0 Å². The molecule has 1 saturated heterocycles. The summed E-state index contributed by atoms with van der Waals surface area (Å²) in [6, 6.07) is 0.362. The fourth-order valence-electron chi connectivity index (χ4n) is 2.14. The molecule has 0 aliphatic carbocycles. The maximum Gasteiger partial charge on any atom is 0.184 e. The zero-order chi connectivity index (χ0) is 12.6. The highest BCUT2D eigenvalue weighted by Crippen LogP contribution is 2.38. The van der Waals surface area contributed by atoms with Crippen LogP contribution in [0.2, 0.25) is 0 Å². The Hall–Kier alpha value is -0.820. The molecule has 0 amide bonds. The van der Waals surface area contributed by atoms with E-state index in [-0.39, 0.29) is 16.5 Å². The summed E-state index contributed by atoms with van der Waals surface area (Å²) in [5, 5.41) is 0.717. The maximum absolute atomic E-state index is 12.0.